The van der Waals surface area contributed by atoms with Gasteiger partial charge in [0.05, 0.1) is 25.0 Å². The highest BCUT2D eigenvalue weighted by Crippen LogP contribution is 2.40. The van der Waals surface area contributed by atoms with Crippen molar-refractivity contribution in [1.29, 1.82) is 0 Å². The first-order valence-electron chi connectivity index (χ1n) is 9.40. The van der Waals surface area contributed by atoms with Crippen LogP contribution in [0.2, 0.25) is 0 Å². The summed E-state index contributed by atoms with van der Waals surface area (Å²) in [7, 11) is 0. The predicted octanol–water partition coefficient (Wildman–Crippen LogP) is 2.30. The normalized spacial score (nSPS) is 17.8. The summed E-state index contributed by atoms with van der Waals surface area (Å²) < 4.78 is 7.40. The molecule has 1 saturated carbocycles. The fraction of sp³-hybridized carbons (Fsp3) is 0.400. The topological polar surface area (TPSA) is 77.1 Å². The van der Waals surface area contributed by atoms with Gasteiger partial charge in [0.25, 0.3) is 5.56 Å². The number of hydrogen-bond donors (Lipinski definition) is 0. The molecule has 27 heavy (non-hydrogen) atoms. The molecule has 2 fully saturated rings. The van der Waals surface area contributed by atoms with E-state index in [2.05, 4.69) is 20.0 Å². The molecule has 0 spiro atoms. The summed E-state index contributed by atoms with van der Waals surface area (Å²) in [6.07, 6.45) is 7.78. The number of pyridine rings is 1. The van der Waals surface area contributed by atoms with Crippen LogP contribution in [-0.2, 0) is 13.1 Å². The largest absolute Gasteiger partial charge is 0.444 e. The zero-order chi connectivity index (χ0) is 18.2. The lowest BCUT2D eigenvalue weighted by molar-refractivity contribution is 0.0677. The summed E-state index contributed by atoms with van der Waals surface area (Å²) >= 11 is 0. The highest BCUT2D eigenvalue weighted by atomic mass is 16.4. The number of nitrogens with zero attached hydrogens (tertiary/aromatic N) is 5. The van der Waals surface area contributed by atoms with Crippen LogP contribution in [0.5, 0.6) is 0 Å². The van der Waals surface area contributed by atoms with E-state index in [4.69, 9.17) is 4.42 Å². The van der Waals surface area contributed by atoms with Gasteiger partial charge in [0.2, 0.25) is 5.89 Å². The Labute approximate surface area is 156 Å². The van der Waals surface area contributed by atoms with Crippen LogP contribution in [0.1, 0.15) is 30.4 Å². The van der Waals surface area contributed by atoms with Crippen molar-refractivity contribution in [3.63, 3.8) is 0 Å². The average Bonchev–Trinajstić information content (AvgIpc) is 3.41. The number of aromatic nitrogens is 4. The molecule has 1 aliphatic heterocycles. The molecule has 0 amide bonds. The van der Waals surface area contributed by atoms with Crippen LogP contribution < -0.4 is 5.56 Å². The van der Waals surface area contributed by atoms with Gasteiger partial charge in [-0.2, -0.15) is 5.10 Å². The molecule has 7 nitrogen and oxygen atoms in total. The Balaban J connectivity index is 1.20. The molecule has 4 heterocycles. The fourth-order valence-corrected chi connectivity index (χ4v) is 3.57. The standard InChI is InChI=1S/C20H21N5O2/c26-20-4-3-17(15-5-7-21-8-6-15)23-25(20)12-14-10-24(11-14)13-19-22-9-18(27-19)16-1-2-16/h3-9,14,16H,1-2,10-13H2. The summed E-state index contributed by atoms with van der Waals surface area (Å²) in [6, 6.07) is 7.15. The van der Waals surface area contributed by atoms with Crippen LogP contribution in [-0.4, -0.2) is 37.7 Å². The van der Waals surface area contributed by atoms with Gasteiger partial charge in [0.1, 0.15) is 5.76 Å². The highest BCUT2D eigenvalue weighted by molar-refractivity contribution is 5.56. The molecule has 3 aromatic rings. The Kier molecular flexibility index (Phi) is 4.09. The van der Waals surface area contributed by atoms with Crippen LogP contribution >= 0.6 is 0 Å². The summed E-state index contributed by atoms with van der Waals surface area (Å²) in [6.45, 7) is 3.22. The number of rotatable bonds is 6. The van der Waals surface area contributed by atoms with Crippen molar-refractivity contribution in [2.24, 2.45) is 5.92 Å². The summed E-state index contributed by atoms with van der Waals surface area (Å²) in [4.78, 5) is 22.9. The van der Waals surface area contributed by atoms with E-state index in [0.29, 0.717) is 18.4 Å². The van der Waals surface area contributed by atoms with E-state index in [0.717, 1.165) is 42.5 Å². The van der Waals surface area contributed by atoms with Crippen LogP contribution in [0.15, 0.2) is 52.1 Å². The monoisotopic (exact) mass is 363 g/mol. The minimum atomic E-state index is -0.0620. The van der Waals surface area contributed by atoms with Gasteiger partial charge in [-0.1, -0.05) is 0 Å². The van der Waals surface area contributed by atoms with Crippen LogP contribution in [0.3, 0.4) is 0 Å². The molecule has 2 aliphatic rings. The molecule has 3 aromatic heterocycles. The lowest BCUT2D eigenvalue weighted by atomic mass is 10.0. The van der Waals surface area contributed by atoms with E-state index in [9.17, 15) is 4.79 Å². The Bertz CT molecular complexity index is 987. The first kappa shape index (κ1) is 16.4. The number of hydrogen-bond acceptors (Lipinski definition) is 6. The van der Waals surface area contributed by atoms with Crippen LogP contribution in [0.4, 0.5) is 0 Å². The molecular weight excluding hydrogens is 342 g/mol. The van der Waals surface area contributed by atoms with Crippen molar-refractivity contribution >= 4 is 0 Å². The lowest BCUT2D eigenvalue weighted by Gasteiger charge is -2.38. The molecule has 7 heteroatoms. The molecule has 0 radical (unpaired) electrons. The third kappa shape index (κ3) is 3.55. The second-order valence-electron chi connectivity index (χ2n) is 7.47. The van der Waals surface area contributed by atoms with Crippen molar-refractivity contribution in [2.45, 2.75) is 31.8 Å². The molecule has 0 N–H and O–H groups in total. The van der Waals surface area contributed by atoms with Gasteiger partial charge in [0.15, 0.2) is 0 Å². The number of oxazole rings is 1. The summed E-state index contributed by atoms with van der Waals surface area (Å²) in [5, 5.41) is 4.53. The fourth-order valence-electron chi connectivity index (χ4n) is 3.57. The van der Waals surface area contributed by atoms with Crippen LogP contribution in [0.25, 0.3) is 11.3 Å². The van der Waals surface area contributed by atoms with E-state index in [-0.39, 0.29) is 5.56 Å². The van der Waals surface area contributed by atoms with E-state index in [1.54, 1.807) is 29.2 Å². The van der Waals surface area contributed by atoms with E-state index in [1.807, 2.05) is 18.3 Å². The first-order valence-corrected chi connectivity index (χ1v) is 9.40. The summed E-state index contributed by atoms with van der Waals surface area (Å²) in [5.74, 6) is 2.85. The maximum absolute atomic E-state index is 12.2. The quantitative estimate of drug-likeness (QED) is 0.669. The summed E-state index contributed by atoms with van der Waals surface area (Å²) in [5.41, 5.74) is 1.69. The molecular formula is C20H21N5O2. The van der Waals surface area contributed by atoms with Gasteiger partial charge in [0, 0.05) is 48.9 Å². The zero-order valence-electron chi connectivity index (χ0n) is 15.0. The van der Waals surface area contributed by atoms with Gasteiger partial charge >= 0.3 is 0 Å². The SMILES string of the molecule is O=c1ccc(-c2ccncc2)nn1CC1CN(Cc2ncc(C3CC3)o2)C1. The van der Waals surface area contributed by atoms with Crippen molar-refractivity contribution in [1.82, 2.24) is 24.6 Å². The van der Waals surface area contributed by atoms with E-state index >= 15 is 0 Å². The minimum absolute atomic E-state index is 0.0620. The predicted molar refractivity (Wildman–Crippen MR) is 99.0 cm³/mol. The second-order valence-corrected chi connectivity index (χ2v) is 7.47. The lowest BCUT2D eigenvalue weighted by Crippen LogP contribution is -2.48. The molecule has 0 aromatic carbocycles. The molecule has 0 unspecified atom stereocenters. The van der Waals surface area contributed by atoms with Gasteiger partial charge in [-0.3, -0.25) is 14.7 Å². The molecule has 1 saturated heterocycles. The van der Waals surface area contributed by atoms with Crippen LogP contribution in [0, 0.1) is 5.92 Å². The van der Waals surface area contributed by atoms with Gasteiger partial charge < -0.3 is 4.42 Å². The molecule has 5 rings (SSSR count). The Morgan fingerprint density at radius 2 is 1.93 bits per heavy atom. The maximum Gasteiger partial charge on any atom is 0.266 e. The zero-order valence-corrected chi connectivity index (χ0v) is 15.0. The third-order valence-corrected chi connectivity index (χ3v) is 5.22. The van der Waals surface area contributed by atoms with Crippen molar-refractivity contribution in [2.75, 3.05) is 13.1 Å². The van der Waals surface area contributed by atoms with Gasteiger partial charge in [-0.05, 0) is 31.0 Å². The Morgan fingerprint density at radius 1 is 1.11 bits per heavy atom. The van der Waals surface area contributed by atoms with Gasteiger partial charge in [-0.25, -0.2) is 9.67 Å². The van der Waals surface area contributed by atoms with Gasteiger partial charge in [-0.15, -0.1) is 0 Å². The van der Waals surface area contributed by atoms with Crippen molar-refractivity contribution < 1.29 is 4.42 Å². The van der Waals surface area contributed by atoms with E-state index in [1.165, 1.54) is 12.8 Å². The minimum Gasteiger partial charge on any atom is -0.444 e. The second kappa shape index (κ2) is 6.74. The average molecular weight is 363 g/mol. The van der Waals surface area contributed by atoms with Crippen molar-refractivity contribution in [3.05, 3.63) is 64.9 Å². The van der Waals surface area contributed by atoms with Crippen molar-refractivity contribution in [3.8, 4) is 11.3 Å². The maximum atomic E-state index is 12.2. The highest BCUT2D eigenvalue weighted by Gasteiger charge is 2.30. The molecule has 0 atom stereocenters. The first-order chi connectivity index (χ1) is 13.2. The molecule has 0 bridgehead atoms. The Hall–Kier alpha value is -2.80. The number of likely N-dealkylation sites (tertiary alicyclic amines) is 1. The Morgan fingerprint density at radius 3 is 2.70 bits per heavy atom. The molecule has 138 valence electrons. The smallest absolute Gasteiger partial charge is 0.266 e. The van der Waals surface area contributed by atoms with E-state index < -0.39 is 0 Å². The third-order valence-electron chi connectivity index (χ3n) is 5.22. The molecule has 1 aliphatic carbocycles.